The summed E-state index contributed by atoms with van der Waals surface area (Å²) < 4.78 is 0. The minimum atomic E-state index is -0.878. The largest absolute Gasteiger partial charge is 0.504 e. The fraction of sp³-hybridized carbons (Fsp3) is 0.208. The number of amides is 1. The molecule has 3 rings (SSSR count). The van der Waals surface area contributed by atoms with Gasteiger partial charge in [-0.1, -0.05) is 66.7 Å². The minimum Gasteiger partial charge on any atom is -0.504 e. The third kappa shape index (κ3) is 5.08. The van der Waals surface area contributed by atoms with E-state index in [1.807, 2.05) is 60.7 Å². The lowest BCUT2D eigenvalue weighted by Crippen LogP contribution is -2.42. The summed E-state index contributed by atoms with van der Waals surface area (Å²) in [5, 5.41) is 16.7. The molecular formula is C24H24N2O3. The average molecular weight is 388 g/mol. The van der Waals surface area contributed by atoms with Crippen molar-refractivity contribution in [1.82, 2.24) is 4.90 Å². The summed E-state index contributed by atoms with van der Waals surface area (Å²) in [4.78, 5) is 25.8. The second-order valence-corrected chi connectivity index (χ2v) is 6.95. The molecule has 0 bridgehead atoms. The zero-order valence-corrected chi connectivity index (χ0v) is 16.1. The standard InChI is InChI=1S/C24H24N2O3/c25-17-23(28)22(27)16-24(29)26-14-8-7-13-20(26)15-21(18-9-3-1-4-10-18)19-11-5-2-6-12-19/h1-6,9-12,15-17,20,25,27H,7-8,13-14H2/b22-16-,25-17?. The Labute approximate surface area is 170 Å². The van der Waals surface area contributed by atoms with E-state index in [-0.39, 0.29) is 6.04 Å². The van der Waals surface area contributed by atoms with Gasteiger partial charge < -0.3 is 15.4 Å². The second-order valence-electron chi connectivity index (χ2n) is 6.95. The van der Waals surface area contributed by atoms with Gasteiger partial charge in [-0.3, -0.25) is 9.59 Å². The number of aliphatic hydroxyl groups excluding tert-OH is 1. The molecule has 2 aromatic rings. The molecule has 1 fully saturated rings. The number of benzene rings is 2. The molecule has 148 valence electrons. The Hall–Kier alpha value is -3.47. The van der Waals surface area contributed by atoms with E-state index >= 15 is 0 Å². The lowest BCUT2D eigenvalue weighted by atomic mass is 9.92. The number of piperidine rings is 1. The molecule has 1 atom stereocenters. The van der Waals surface area contributed by atoms with E-state index in [1.165, 1.54) is 0 Å². The summed E-state index contributed by atoms with van der Waals surface area (Å²) in [6, 6.07) is 19.9. The fourth-order valence-corrected chi connectivity index (χ4v) is 3.54. The summed E-state index contributed by atoms with van der Waals surface area (Å²) >= 11 is 0. The fourth-order valence-electron chi connectivity index (χ4n) is 3.54. The Morgan fingerprint density at radius 2 is 1.55 bits per heavy atom. The normalized spacial score (nSPS) is 16.8. The number of carbonyl (C=O) groups excluding carboxylic acids is 2. The van der Waals surface area contributed by atoms with Crippen LogP contribution in [0.25, 0.3) is 5.57 Å². The highest BCUT2D eigenvalue weighted by Crippen LogP contribution is 2.28. The van der Waals surface area contributed by atoms with Gasteiger partial charge in [0.25, 0.3) is 5.91 Å². The maximum atomic E-state index is 12.7. The molecular weight excluding hydrogens is 364 g/mol. The van der Waals surface area contributed by atoms with Crippen LogP contribution in [0.3, 0.4) is 0 Å². The maximum absolute atomic E-state index is 12.7. The van der Waals surface area contributed by atoms with Crippen LogP contribution < -0.4 is 0 Å². The number of Topliss-reactive ketones (excluding diaryl/α,β-unsaturated/α-hetero) is 1. The molecule has 1 saturated heterocycles. The van der Waals surface area contributed by atoms with E-state index in [0.29, 0.717) is 12.8 Å². The molecule has 0 aromatic heterocycles. The molecule has 0 aliphatic carbocycles. The lowest BCUT2D eigenvalue weighted by molar-refractivity contribution is -0.129. The van der Waals surface area contributed by atoms with Gasteiger partial charge in [0.05, 0.1) is 12.3 Å². The zero-order valence-electron chi connectivity index (χ0n) is 16.1. The van der Waals surface area contributed by atoms with Crippen LogP contribution in [0.5, 0.6) is 0 Å². The highest BCUT2D eigenvalue weighted by atomic mass is 16.3. The number of hydrogen-bond acceptors (Lipinski definition) is 4. The number of hydrogen-bond donors (Lipinski definition) is 2. The molecule has 0 saturated carbocycles. The Balaban J connectivity index is 1.97. The minimum absolute atomic E-state index is 0.147. The van der Waals surface area contributed by atoms with E-state index in [0.717, 1.165) is 42.0 Å². The van der Waals surface area contributed by atoms with Gasteiger partial charge in [-0.15, -0.1) is 0 Å². The lowest BCUT2D eigenvalue weighted by Gasteiger charge is -2.34. The highest BCUT2D eigenvalue weighted by molar-refractivity contribution is 6.33. The topological polar surface area (TPSA) is 81.5 Å². The van der Waals surface area contributed by atoms with Gasteiger partial charge in [-0.05, 0) is 36.0 Å². The molecule has 1 aliphatic heterocycles. The van der Waals surface area contributed by atoms with Crippen LogP contribution >= 0.6 is 0 Å². The number of nitrogens with one attached hydrogen (secondary N) is 1. The SMILES string of the molecule is N=CC(=O)/C(O)=C/C(=O)N1CCCCC1C=C(c1ccccc1)c1ccccc1. The van der Waals surface area contributed by atoms with Crippen molar-refractivity contribution in [2.45, 2.75) is 25.3 Å². The molecule has 2 N–H and O–H groups in total. The van der Waals surface area contributed by atoms with Crippen LogP contribution in [0.1, 0.15) is 30.4 Å². The number of rotatable bonds is 6. The van der Waals surface area contributed by atoms with Crippen molar-refractivity contribution in [3.63, 3.8) is 0 Å². The number of likely N-dealkylation sites (tertiary alicyclic amines) is 1. The zero-order chi connectivity index (χ0) is 20.6. The molecule has 1 amide bonds. The first-order valence-corrected chi connectivity index (χ1v) is 9.69. The summed E-state index contributed by atoms with van der Waals surface area (Å²) in [6.45, 7) is 0.555. The summed E-state index contributed by atoms with van der Waals surface area (Å²) in [5.74, 6) is -2.00. The molecule has 5 nitrogen and oxygen atoms in total. The van der Waals surface area contributed by atoms with Gasteiger partial charge in [-0.25, -0.2) is 0 Å². The van der Waals surface area contributed by atoms with Crippen molar-refractivity contribution in [2.75, 3.05) is 6.54 Å². The predicted octanol–water partition coefficient (Wildman–Crippen LogP) is 4.16. The highest BCUT2D eigenvalue weighted by Gasteiger charge is 2.26. The van der Waals surface area contributed by atoms with E-state index in [9.17, 15) is 14.7 Å². The van der Waals surface area contributed by atoms with Crippen molar-refractivity contribution >= 4 is 23.5 Å². The molecule has 0 spiro atoms. The number of nitrogens with zero attached hydrogens (tertiary/aromatic N) is 1. The van der Waals surface area contributed by atoms with Gasteiger partial charge >= 0.3 is 0 Å². The van der Waals surface area contributed by atoms with Crippen LogP contribution in [0.15, 0.2) is 78.6 Å². The first-order valence-electron chi connectivity index (χ1n) is 9.69. The van der Waals surface area contributed by atoms with Crippen LogP contribution in [-0.4, -0.2) is 40.5 Å². The Bertz CT molecular complexity index is 892. The monoisotopic (exact) mass is 388 g/mol. The molecule has 29 heavy (non-hydrogen) atoms. The molecule has 1 unspecified atom stereocenters. The second kappa shape index (κ2) is 9.64. The third-order valence-electron chi connectivity index (χ3n) is 5.00. The average Bonchev–Trinajstić information content (AvgIpc) is 2.78. The quantitative estimate of drug-likeness (QED) is 0.443. The molecule has 0 radical (unpaired) electrons. The van der Waals surface area contributed by atoms with Crippen molar-refractivity contribution in [3.8, 4) is 0 Å². The number of aliphatic hydroxyl groups is 1. The molecule has 1 heterocycles. The van der Waals surface area contributed by atoms with Crippen molar-refractivity contribution in [1.29, 1.82) is 5.41 Å². The van der Waals surface area contributed by atoms with Gasteiger partial charge in [-0.2, -0.15) is 0 Å². The number of allylic oxidation sites excluding steroid dienone is 1. The first-order chi connectivity index (χ1) is 14.1. The van der Waals surface area contributed by atoms with Crippen LogP contribution in [-0.2, 0) is 9.59 Å². The molecule has 1 aliphatic rings. The first kappa shape index (κ1) is 20.3. The van der Waals surface area contributed by atoms with E-state index in [4.69, 9.17) is 5.41 Å². The van der Waals surface area contributed by atoms with E-state index in [1.54, 1.807) is 4.90 Å². The Kier molecular flexibility index (Phi) is 6.74. The van der Waals surface area contributed by atoms with Crippen molar-refractivity contribution in [3.05, 3.63) is 89.7 Å². The van der Waals surface area contributed by atoms with E-state index < -0.39 is 17.4 Å². The van der Waals surface area contributed by atoms with Gasteiger partial charge in [0.1, 0.15) is 0 Å². The number of ketones is 1. The van der Waals surface area contributed by atoms with Crippen LogP contribution in [0.2, 0.25) is 0 Å². The molecule has 5 heteroatoms. The maximum Gasteiger partial charge on any atom is 0.250 e. The third-order valence-corrected chi connectivity index (χ3v) is 5.00. The number of carbonyl (C=O) groups is 2. The molecule has 2 aromatic carbocycles. The Morgan fingerprint density at radius 3 is 2.10 bits per heavy atom. The predicted molar refractivity (Wildman–Crippen MR) is 114 cm³/mol. The van der Waals surface area contributed by atoms with Gasteiger partial charge in [0.2, 0.25) is 5.78 Å². The van der Waals surface area contributed by atoms with Crippen LogP contribution in [0.4, 0.5) is 0 Å². The van der Waals surface area contributed by atoms with E-state index in [2.05, 4.69) is 6.08 Å². The summed E-state index contributed by atoms with van der Waals surface area (Å²) in [6.07, 6.45) is 6.19. The summed E-state index contributed by atoms with van der Waals surface area (Å²) in [7, 11) is 0. The van der Waals surface area contributed by atoms with Crippen molar-refractivity contribution < 1.29 is 14.7 Å². The summed E-state index contributed by atoms with van der Waals surface area (Å²) in [5.41, 5.74) is 3.17. The Morgan fingerprint density at radius 1 is 0.966 bits per heavy atom. The van der Waals surface area contributed by atoms with Crippen molar-refractivity contribution in [2.24, 2.45) is 0 Å². The van der Waals surface area contributed by atoms with Gasteiger partial charge in [0, 0.05) is 12.6 Å². The smallest absolute Gasteiger partial charge is 0.250 e. The van der Waals surface area contributed by atoms with Gasteiger partial charge in [0.15, 0.2) is 5.76 Å². The van der Waals surface area contributed by atoms with Crippen LogP contribution in [0, 0.1) is 5.41 Å².